The molecule has 2 nitrogen and oxygen atoms in total. The van der Waals surface area contributed by atoms with Crippen LogP contribution < -0.4 is 0 Å². The smallest absolute Gasteiger partial charge is 0.0774 e. The van der Waals surface area contributed by atoms with Gasteiger partial charge in [0.25, 0.3) is 0 Å². The molecule has 2 rings (SSSR count). The van der Waals surface area contributed by atoms with Crippen LogP contribution in [0.3, 0.4) is 0 Å². The second-order valence-electron chi connectivity index (χ2n) is 7.24. The maximum Gasteiger partial charge on any atom is 0.0774 e. The Kier molecular flexibility index (Phi) is 3.84. The fourth-order valence-corrected chi connectivity index (χ4v) is 3.36. The second kappa shape index (κ2) is 4.89. The minimum Gasteiger partial charge on any atom is -0.389 e. The number of rotatable bonds is 4. The summed E-state index contributed by atoms with van der Waals surface area (Å²) in [5, 5.41) is 10.6. The molecule has 2 heteroatoms. The predicted octanol–water partition coefficient (Wildman–Crippen LogP) is 3.05. The molecule has 0 bridgehead atoms. The molecule has 0 atom stereocenters. The monoisotopic (exact) mass is 239 g/mol. The van der Waals surface area contributed by atoms with Crippen molar-refractivity contribution >= 4 is 0 Å². The van der Waals surface area contributed by atoms with Crippen molar-refractivity contribution in [1.82, 2.24) is 4.90 Å². The molecule has 1 heterocycles. The van der Waals surface area contributed by atoms with Gasteiger partial charge in [0, 0.05) is 19.6 Å². The van der Waals surface area contributed by atoms with E-state index < -0.39 is 0 Å². The average Bonchev–Trinajstić information content (AvgIpc) is 2.21. The molecule has 0 spiro atoms. The highest BCUT2D eigenvalue weighted by Gasteiger charge is 2.39. The molecular formula is C15H29NO. The Morgan fingerprint density at radius 2 is 1.71 bits per heavy atom. The fraction of sp³-hybridized carbons (Fsp3) is 1.00. The van der Waals surface area contributed by atoms with Gasteiger partial charge in [-0.1, -0.05) is 27.2 Å². The first-order valence-electron chi connectivity index (χ1n) is 7.37. The normalized spacial score (nSPS) is 28.9. The summed E-state index contributed by atoms with van der Waals surface area (Å²) in [6.07, 6.45) is 7.01. The lowest BCUT2D eigenvalue weighted by atomic mass is 9.70. The molecule has 2 fully saturated rings. The molecule has 0 aromatic rings. The zero-order valence-electron chi connectivity index (χ0n) is 11.8. The van der Waals surface area contributed by atoms with Crippen molar-refractivity contribution in [1.29, 1.82) is 0 Å². The highest BCUT2D eigenvalue weighted by atomic mass is 16.3. The van der Waals surface area contributed by atoms with Crippen LogP contribution in [0.25, 0.3) is 0 Å². The Morgan fingerprint density at radius 3 is 2.24 bits per heavy atom. The summed E-state index contributed by atoms with van der Waals surface area (Å²) in [6, 6.07) is 0. The van der Waals surface area contributed by atoms with Gasteiger partial charge in [0.1, 0.15) is 0 Å². The maximum atomic E-state index is 10.6. The quantitative estimate of drug-likeness (QED) is 0.815. The first-order chi connectivity index (χ1) is 7.92. The summed E-state index contributed by atoms with van der Waals surface area (Å²) in [4.78, 5) is 2.46. The zero-order valence-corrected chi connectivity index (χ0v) is 11.8. The highest BCUT2D eigenvalue weighted by molar-refractivity contribution is 4.93. The molecule has 2 aliphatic rings. The first-order valence-corrected chi connectivity index (χ1v) is 7.37. The van der Waals surface area contributed by atoms with Crippen LogP contribution in [0.5, 0.6) is 0 Å². The van der Waals surface area contributed by atoms with Crippen LogP contribution in [0.1, 0.15) is 59.3 Å². The minimum atomic E-state index is -0.382. The second-order valence-corrected chi connectivity index (χ2v) is 7.24. The molecule has 1 N–H and O–H groups in total. The SMILES string of the molecule is CCCC1CN(CC2(O)CCC(C)(C)CC2)C1. The predicted molar refractivity (Wildman–Crippen MR) is 72.0 cm³/mol. The van der Waals surface area contributed by atoms with E-state index in [1.165, 1.54) is 38.8 Å². The number of hydrogen-bond donors (Lipinski definition) is 1. The Bertz CT molecular complexity index is 246. The van der Waals surface area contributed by atoms with Crippen molar-refractivity contribution < 1.29 is 5.11 Å². The van der Waals surface area contributed by atoms with E-state index in [-0.39, 0.29) is 5.60 Å². The third kappa shape index (κ3) is 3.45. The van der Waals surface area contributed by atoms with Crippen molar-refractivity contribution in [3.8, 4) is 0 Å². The molecule has 0 aromatic carbocycles. The van der Waals surface area contributed by atoms with Gasteiger partial charge >= 0.3 is 0 Å². The standard InChI is InChI=1S/C15H29NO/c1-4-5-13-10-16(11-13)12-15(17)8-6-14(2,3)7-9-15/h13,17H,4-12H2,1-3H3. The van der Waals surface area contributed by atoms with Crippen LogP contribution >= 0.6 is 0 Å². The highest BCUT2D eigenvalue weighted by Crippen LogP contribution is 2.41. The van der Waals surface area contributed by atoms with E-state index in [1.807, 2.05) is 0 Å². The van der Waals surface area contributed by atoms with Crippen LogP contribution in [0.4, 0.5) is 0 Å². The number of β-amino-alcohol motifs (C(OH)–C–C–N with tert-alkyl or cyclic N) is 1. The summed E-state index contributed by atoms with van der Waals surface area (Å²) < 4.78 is 0. The number of likely N-dealkylation sites (tertiary alicyclic amines) is 1. The molecule has 0 amide bonds. The van der Waals surface area contributed by atoms with Gasteiger partial charge in [-0.3, -0.25) is 4.90 Å². The third-order valence-electron chi connectivity index (χ3n) is 4.78. The molecule has 0 radical (unpaired) electrons. The van der Waals surface area contributed by atoms with Gasteiger partial charge in [-0.2, -0.15) is 0 Å². The van der Waals surface area contributed by atoms with E-state index in [0.29, 0.717) is 5.41 Å². The fourth-order valence-electron chi connectivity index (χ4n) is 3.36. The summed E-state index contributed by atoms with van der Waals surface area (Å²) in [6.45, 7) is 10.3. The van der Waals surface area contributed by atoms with Gasteiger partial charge in [-0.15, -0.1) is 0 Å². The van der Waals surface area contributed by atoms with Crippen molar-refractivity contribution in [2.75, 3.05) is 19.6 Å². The Hall–Kier alpha value is -0.0800. The summed E-state index contributed by atoms with van der Waals surface area (Å²) in [5.74, 6) is 0.906. The largest absolute Gasteiger partial charge is 0.389 e. The van der Waals surface area contributed by atoms with E-state index in [0.717, 1.165) is 25.3 Å². The lowest BCUT2D eigenvalue weighted by Crippen LogP contribution is -2.54. The lowest BCUT2D eigenvalue weighted by molar-refractivity contribution is -0.0713. The lowest BCUT2D eigenvalue weighted by Gasteiger charge is -2.47. The molecule has 1 saturated heterocycles. The maximum absolute atomic E-state index is 10.6. The zero-order chi connectivity index (χ0) is 12.5. The van der Waals surface area contributed by atoms with Crippen LogP contribution in [0.15, 0.2) is 0 Å². The van der Waals surface area contributed by atoms with Gasteiger partial charge in [0.2, 0.25) is 0 Å². The van der Waals surface area contributed by atoms with E-state index >= 15 is 0 Å². The van der Waals surface area contributed by atoms with E-state index in [9.17, 15) is 5.11 Å². The van der Waals surface area contributed by atoms with Crippen molar-refractivity contribution in [2.45, 2.75) is 64.9 Å². The van der Waals surface area contributed by atoms with Crippen LogP contribution in [-0.4, -0.2) is 35.2 Å². The van der Waals surface area contributed by atoms with Gasteiger partial charge in [-0.05, 0) is 43.4 Å². The number of nitrogens with zero attached hydrogens (tertiary/aromatic N) is 1. The van der Waals surface area contributed by atoms with Gasteiger partial charge in [0.15, 0.2) is 0 Å². The summed E-state index contributed by atoms with van der Waals surface area (Å²) in [5.41, 5.74) is 0.0681. The van der Waals surface area contributed by atoms with E-state index in [4.69, 9.17) is 0 Å². The molecule has 0 aromatic heterocycles. The Balaban J connectivity index is 1.73. The van der Waals surface area contributed by atoms with Crippen LogP contribution in [0, 0.1) is 11.3 Å². The topological polar surface area (TPSA) is 23.5 Å². The van der Waals surface area contributed by atoms with Crippen molar-refractivity contribution in [2.24, 2.45) is 11.3 Å². The molecular weight excluding hydrogens is 210 g/mol. The van der Waals surface area contributed by atoms with Crippen LogP contribution in [0.2, 0.25) is 0 Å². The molecule has 1 aliphatic carbocycles. The Morgan fingerprint density at radius 1 is 1.12 bits per heavy atom. The molecule has 1 aliphatic heterocycles. The van der Waals surface area contributed by atoms with Crippen molar-refractivity contribution in [3.63, 3.8) is 0 Å². The van der Waals surface area contributed by atoms with Gasteiger partial charge < -0.3 is 5.11 Å². The summed E-state index contributed by atoms with van der Waals surface area (Å²) >= 11 is 0. The average molecular weight is 239 g/mol. The number of aliphatic hydroxyl groups is 1. The molecule has 100 valence electrons. The first kappa shape index (κ1) is 13.4. The van der Waals surface area contributed by atoms with Crippen molar-refractivity contribution in [3.05, 3.63) is 0 Å². The summed E-state index contributed by atoms with van der Waals surface area (Å²) in [7, 11) is 0. The molecule has 1 saturated carbocycles. The Labute approximate surface area is 106 Å². The number of hydrogen-bond acceptors (Lipinski definition) is 2. The third-order valence-corrected chi connectivity index (χ3v) is 4.78. The van der Waals surface area contributed by atoms with E-state index in [1.54, 1.807) is 0 Å². The molecule has 17 heavy (non-hydrogen) atoms. The van der Waals surface area contributed by atoms with Gasteiger partial charge in [-0.25, -0.2) is 0 Å². The van der Waals surface area contributed by atoms with E-state index in [2.05, 4.69) is 25.7 Å². The minimum absolute atomic E-state index is 0.382. The van der Waals surface area contributed by atoms with Crippen LogP contribution in [-0.2, 0) is 0 Å². The van der Waals surface area contributed by atoms with Gasteiger partial charge in [0.05, 0.1) is 5.60 Å². The molecule has 0 unspecified atom stereocenters.